The Balaban J connectivity index is 1.60. The van der Waals surface area contributed by atoms with Gasteiger partial charge in [-0.1, -0.05) is 54.2 Å². The molecule has 6 nitrogen and oxygen atoms in total. The van der Waals surface area contributed by atoms with Gasteiger partial charge < -0.3 is 4.74 Å². The molecule has 1 saturated heterocycles. The SMILES string of the molecule is O=c1c2ccccc2n2c(SC[C@@H]3CCCCO3)nnc2n1Cc1ccccc1. The second-order valence-corrected chi connectivity index (χ2v) is 8.30. The third-order valence-corrected chi connectivity index (χ3v) is 6.39. The number of hydrogen-bond donors (Lipinski definition) is 0. The third kappa shape index (κ3) is 3.56. The lowest BCUT2D eigenvalue weighted by molar-refractivity contribution is 0.0315. The number of aromatic nitrogens is 4. The number of hydrogen-bond acceptors (Lipinski definition) is 5. The van der Waals surface area contributed by atoms with Crippen molar-refractivity contribution in [1.29, 1.82) is 0 Å². The highest BCUT2D eigenvalue weighted by molar-refractivity contribution is 7.99. The smallest absolute Gasteiger partial charge is 0.263 e. The molecule has 0 radical (unpaired) electrons. The molecule has 1 aliphatic rings. The van der Waals surface area contributed by atoms with Gasteiger partial charge in [0.15, 0.2) is 5.16 Å². The first kappa shape index (κ1) is 18.4. The van der Waals surface area contributed by atoms with Gasteiger partial charge in [-0.15, -0.1) is 10.2 Å². The molecular weight excluding hydrogens is 384 g/mol. The molecule has 148 valence electrons. The first-order valence-electron chi connectivity index (χ1n) is 9.96. The van der Waals surface area contributed by atoms with E-state index in [1.807, 2.05) is 59.0 Å². The van der Waals surface area contributed by atoms with Crippen molar-refractivity contribution in [2.45, 2.75) is 37.1 Å². The number of nitrogens with zero attached hydrogens (tertiary/aromatic N) is 4. The summed E-state index contributed by atoms with van der Waals surface area (Å²) in [6.45, 7) is 1.30. The maximum absolute atomic E-state index is 13.2. The first-order valence-corrected chi connectivity index (χ1v) is 10.9. The Kier molecular flexibility index (Phi) is 5.08. The number of ether oxygens (including phenoxy) is 1. The Labute approximate surface area is 172 Å². The topological polar surface area (TPSA) is 61.4 Å². The maximum atomic E-state index is 13.2. The number of para-hydroxylation sites is 1. The van der Waals surface area contributed by atoms with Crippen LogP contribution in [0.25, 0.3) is 16.7 Å². The van der Waals surface area contributed by atoms with Crippen LogP contribution in [-0.2, 0) is 11.3 Å². The molecule has 2 aromatic heterocycles. The van der Waals surface area contributed by atoms with Crippen LogP contribution in [-0.4, -0.2) is 37.6 Å². The van der Waals surface area contributed by atoms with Crippen molar-refractivity contribution in [2.24, 2.45) is 0 Å². The molecular formula is C22H22N4O2S. The molecule has 0 N–H and O–H groups in total. The highest BCUT2D eigenvalue weighted by atomic mass is 32.2. The van der Waals surface area contributed by atoms with Gasteiger partial charge in [0.05, 0.1) is 23.6 Å². The predicted octanol–water partition coefficient (Wildman–Crippen LogP) is 3.75. The van der Waals surface area contributed by atoms with Gasteiger partial charge in [-0.2, -0.15) is 0 Å². The van der Waals surface area contributed by atoms with Crippen LogP contribution in [0.15, 0.2) is 64.5 Å². The summed E-state index contributed by atoms with van der Waals surface area (Å²) in [7, 11) is 0. The minimum Gasteiger partial charge on any atom is -0.377 e. The summed E-state index contributed by atoms with van der Waals surface area (Å²) >= 11 is 1.65. The number of benzene rings is 2. The lowest BCUT2D eigenvalue weighted by Crippen LogP contribution is -2.24. The monoisotopic (exact) mass is 406 g/mol. The van der Waals surface area contributed by atoms with Crippen LogP contribution in [0.1, 0.15) is 24.8 Å². The van der Waals surface area contributed by atoms with E-state index in [2.05, 4.69) is 10.2 Å². The minimum absolute atomic E-state index is 0.0449. The molecule has 0 unspecified atom stereocenters. The zero-order chi connectivity index (χ0) is 19.6. The van der Waals surface area contributed by atoms with E-state index < -0.39 is 0 Å². The Morgan fingerprint density at radius 1 is 1.03 bits per heavy atom. The van der Waals surface area contributed by atoms with E-state index in [9.17, 15) is 4.79 Å². The summed E-state index contributed by atoms with van der Waals surface area (Å²) in [6, 6.07) is 17.6. The van der Waals surface area contributed by atoms with Crippen molar-refractivity contribution >= 4 is 28.4 Å². The fourth-order valence-electron chi connectivity index (χ4n) is 3.84. The Morgan fingerprint density at radius 2 is 1.86 bits per heavy atom. The van der Waals surface area contributed by atoms with Crippen LogP contribution >= 0.6 is 11.8 Å². The van der Waals surface area contributed by atoms with Crippen molar-refractivity contribution in [2.75, 3.05) is 12.4 Å². The van der Waals surface area contributed by atoms with Crippen LogP contribution in [0.4, 0.5) is 0 Å². The Morgan fingerprint density at radius 3 is 2.69 bits per heavy atom. The van der Waals surface area contributed by atoms with Crippen molar-refractivity contribution in [3.63, 3.8) is 0 Å². The van der Waals surface area contributed by atoms with Crippen molar-refractivity contribution in [3.8, 4) is 0 Å². The molecule has 4 aromatic rings. The predicted molar refractivity (Wildman–Crippen MR) is 115 cm³/mol. The lowest BCUT2D eigenvalue weighted by Gasteiger charge is -2.21. The average molecular weight is 407 g/mol. The van der Waals surface area contributed by atoms with Crippen LogP contribution in [0.5, 0.6) is 0 Å². The second kappa shape index (κ2) is 8.00. The van der Waals surface area contributed by atoms with Gasteiger partial charge >= 0.3 is 0 Å². The molecule has 2 aromatic carbocycles. The van der Waals surface area contributed by atoms with Gasteiger partial charge in [0.2, 0.25) is 5.78 Å². The van der Waals surface area contributed by atoms with Gasteiger partial charge in [-0.25, -0.2) is 0 Å². The second-order valence-electron chi connectivity index (χ2n) is 7.31. The Bertz CT molecular complexity index is 1200. The quantitative estimate of drug-likeness (QED) is 0.473. The van der Waals surface area contributed by atoms with Crippen LogP contribution < -0.4 is 5.56 Å². The molecule has 0 spiro atoms. The van der Waals surface area contributed by atoms with E-state index in [-0.39, 0.29) is 11.7 Å². The molecule has 0 saturated carbocycles. The number of thioether (sulfide) groups is 1. The van der Waals surface area contributed by atoms with E-state index in [4.69, 9.17) is 4.74 Å². The fourth-order valence-corrected chi connectivity index (χ4v) is 4.85. The van der Waals surface area contributed by atoms with Crippen LogP contribution in [0.2, 0.25) is 0 Å². The number of rotatable bonds is 5. The summed E-state index contributed by atoms with van der Waals surface area (Å²) in [5.74, 6) is 1.41. The summed E-state index contributed by atoms with van der Waals surface area (Å²) in [4.78, 5) is 13.2. The zero-order valence-electron chi connectivity index (χ0n) is 16.0. The van der Waals surface area contributed by atoms with Gasteiger partial charge in [0, 0.05) is 12.4 Å². The molecule has 7 heteroatoms. The molecule has 29 heavy (non-hydrogen) atoms. The zero-order valence-corrected chi connectivity index (χ0v) is 16.8. The lowest BCUT2D eigenvalue weighted by atomic mass is 10.1. The Hall–Kier alpha value is -2.64. The molecule has 1 atom stereocenters. The largest absolute Gasteiger partial charge is 0.377 e. The van der Waals surface area contributed by atoms with Gasteiger partial charge in [-0.3, -0.25) is 13.8 Å². The van der Waals surface area contributed by atoms with Crippen molar-refractivity contribution in [3.05, 3.63) is 70.5 Å². The fraction of sp³-hybridized carbons (Fsp3) is 0.318. The molecule has 1 fully saturated rings. The van der Waals surface area contributed by atoms with Crippen LogP contribution in [0, 0.1) is 0 Å². The van der Waals surface area contributed by atoms with E-state index in [0.29, 0.717) is 17.7 Å². The van der Waals surface area contributed by atoms with E-state index in [0.717, 1.165) is 41.4 Å². The third-order valence-electron chi connectivity index (χ3n) is 5.33. The van der Waals surface area contributed by atoms with Crippen molar-refractivity contribution < 1.29 is 4.74 Å². The van der Waals surface area contributed by atoms with E-state index in [1.165, 1.54) is 6.42 Å². The van der Waals surface area contributed by atoms with Gasteiger partial charge in [0.1, 0.15) is 0 Å². The molecule has 0 bridgehead atoms. The molecule has 1 aliphatic heterocycles. The summed E-state index contributed by atoms with van der Waals surface area (Å²) in [5, 5.41) is 10.3. The van der Waals surface area contributed by atoms with Gasteiger partial charge in [0.25, 0.3) is 5.56 Å². The summed E-state index contributed by atoms with van der Waals surface area (Å²) in [6.07, 6.45) is 3.70. The summed E-state index contributed by atoms with van der Waals surface area (Å²) in [5.41, 5.74) is 1.85. The summed E-state index contributed by atoms with van der Waals surface area (Å²) < 4.78 is 9.59. The minimum atomic E-state index is -0.0449. The molecule has 0 aliphatic carbocycles. The highest BCUT2D eigenvalue weighted by Crippen LogP contribution is 2.25. The van der Waals surface area contributed by atoms with Gasteiger partial charge in [-0.05, 0) is 37.0 Å². The van der Waals surface area contributed by atoms with E-state index >= 15 is 0 Å². The standard InChI is InChI=1S/C22H22N4O2S/c27-20-18-11-4-5-12-19(18)26-21(25(20)14-16-8-2-1-3-9-16)23-24-22(26)29-15-17-10-6-7-13-28-17/h1-5,8-9,11-12,17H,6-7,10,13-15H2/t17-/m0/s1. The number of fused-ring (bicyclic) bond motifs is 3. The molecule has 3 heterocycles. The van der Waals surface area contributed by atoms with E-state index in [1.54, 1.807) is 16.3 Å². The van der Waals surface area contributed by atoms with Crippen LogP contribution in [0.3, 0.4) is 0 Å². The van der Waals surface area contributed by atoms with Crippen molar-refractivity contribution in [1.82, 2.24) is 19.2 Å². The first-order chi connectivity index (χ1) is 14.3. The highest BCUT2D eigenvalue weighted by Gasteiger charge is 2.19. The maximum Gasteiger partial charge on any atom is 0.263 e. The molecule has 0 amide bonds. The molecule has 5 rings (SSSR count). The average Bonchev–Trinajstić information content (AvgIpc) is 3.21. The normalized spacial score (nSPS) is 17.2.